The summed E-state index contributed by atoms with van der Waals surface area (Å²) in [5.41, 5.74) is 1.54. The molecule has 0 aliphatic carbocycles. The molecule has 0 unspecified atom stereocenters. The second-order valence-electron chi connectivity index (χ2n) is 8.99. The number of rotatable bonds is 2. The Bertz CT molecular complexity index is 998. The summed E-state index contributed by atoms with van der Waals surface area (Å²) in [6.45, 7) is 12.2. The van der Waals surface area contributed by atoms with Gasteiger partial charge in [-0.2, -0.15) is 0 Å². The van der Waals surface area contributed by atoms with E-state index in [9.17, 15) is 9.90 Å². The van der Waals surface area contributed by atoms with Crippen molar-refractivity contribution < 1.29 is 9.90 Å². The lowest BCUT2D eigenvalue weighted by Crippen LogP contribution is -2.19. The number of hydrogen-bond acceptors (Lipinski definition) is 3. The molecule has 0 saturated carbocycles. The first-order chi connectivity index (χ1) is 12.4. The summed E-state index contributed by atoms with van der Waals surface area (Å²) in [6, 6.07) is 11.4. The fourth-order valence-electron chi connectivity index (χ4n) is 3.20. The van der Waals surface area contributed by atoms with Gasteiger partial charge in [0.25, 0.3) is 0 Å². The van der Waals surface area contributed by atoms with Crippen LogP contribution in [0, 0.1) is 0 Å². The van der Waals surface area contributed by atoms with E-state index in [-0.39, 0.29) is 22.4 Å². The maximum atomic E-state index is 13.4. The standard InChI is InChI=1S/C23H25ClO2S/c1-22(2,3)15-11-13(12-16(20(15)26)23(4,5)6)19(25)21-18(24)14-9-7-8-10-17(14)27-21/h7-12,26H,1-6H3. The Kier molecular flexibility index (Phi) is 4.90. The molecular weight excluding hydrogens is 376 g/mol. The third-order valence-corrected chi connectivity index (χ3v) is 6.40. The maximum absolute atomic E-state index is 13.4. The van der Waals surface area contributed by atoms with Crippen molar-refractivity contribution in [3.63, 3.8) is 0 Å². The summed E-state index contributed by atoms with van der Waals surface area (Å²) in [7, 11) is 0. The zero-order valence-corrected chi connectivity index (χ0v) is 18.2. The van der Waals surface area contributed by atoms with E-state index >= 15 is 0 Å². The molecule has 0 aliphatic heterocycles. The smallest absolute Gasteiger partial charge is 0.204 e. The third kappa shape index (κ3) is 3.63. The molecule has 4 heteroatoms. The van der Waals surface area contributed by atoms with Crippen molar-refractivity contribution >= 4 is 38.8 Å². The van der Waals surface area contributed by atoms with Crippen LogP contribution in [-0.2, 0) is 10.8 Å². The van der Waals surface area contributed by atoms with Crippen molar-refractivity contribution in [2.45, 2.75) is 52.4 Å². The normalized spacial score (nSPS) is 12.6. The van der Waals surface area contributed by atoms with Gasteiger partial charge in [-0.25, -0.2) is 0 Å². The highest BCUT2D eigenvalue weighted by Crippen LogP contribution is 2.42. The number of benzene rings is 2. The number of aromatic hydroxyl groups is 1. The molecule has 142 valence electrons. The molecule has 0 bridgehead atoms. The quantitative estimate of drug-likeness (QED) is 0.466. The summed E-state index contributed by atoms with van der Waals surface area (Å²) in [4.78, 5) is 13.9. The number of ketones is 1. The predicted molar refractivity (Wildman–Crippen MR) is 116 cm³/mol. The Morgan fingerprint density at radius 3 is 1.96 bits per heavy atom. The monoisotopic (exact) mass is 400 g/mol. The lowest BCUT2D eigenvalue weighted by molar-refractivity contribution is 0.104. The SMILES string of the molecule is CC(C)(C)c1cc(C(=O)c2sc3ccccc3c2Cl)cc(C(C)(C)C)c1O. The van der Waals surface area contributed by atoms with Crippen molar-refractivity contribution in [1.29, 1.82) is 0 Å². The average molecular weight is 401 g/mol. The molecule has 3 aromatic rings. The number of carbonyl (C=O) groups excluding carboxylic acids is 1. The van der Waals surface area contributed by atoms with Gasteiger partial charge in [-0.1, -0.05) is 71.3 Å². The lowest BCUT2D eigenvalue weighted by Gasteiger charge is -2.28. The van der Waals surface area contributed by atoms with Crippen molar-refractivity contribution in [3.05, 3.63) is 63.0 Å². The zero-order chi connectivity index (χ0) is 20.1. The van der Waals surface area contributed by atoms with Crippen LogP contribution >= 0.6 is 22.9 Å². The number of phenols is 1. The number of carbonyl (C=O) groups is 1. The van der Waals surface area contributed by atoms with Gasteiger partial charge in [0, 0.05) is 26.8 Å². The van der Waals surface area contributed by atoms with Crippen molar-refractivity contribution in [1.82, 2.24) is 0 Å². The Hall–Kier alpha value is -1.84. The molecule has 0 radical (unpaired) electrons. The first-order valence-electron chi connectivity index (χ1n) is 9.01. The molecule has 2 aromatic carbocycles. The van der Waals surface area contributed by atoms with Crippen LogP contribution < -0.4 is 0 Å². The fourth-order valence-corrected chi connectivity index (χ4v) is 4.68. The maximum Gasteiger partial charge on any atom is 0.204 e. The van der Waals surface area contributed by atoms with Gasteiger partial charge in [0.05, 0.1) is 9.90 Å². The molecule has 3 rings (SSSR count). The number of fused-ring (bicyclic) bond motifs is 1. The van der Waals surface area contributed by atoms with Crippen molar-refractivity contribution in [2.24, 2.45) is 0 Å². The molecule has 0 saturated heterocycles. The molecule has 0 amide bonds. The first-order valence-corrected chi connectivity index (χ1v) is 10.2. The van der Waals surface area contributed by atoms with E-state index in [0.717, 1.165) is 21.2 Å². The molecule has 0 aliphatic rings. The topological polar surface area (TPSA) is 37.3 Å². The van der Waals surface area contributed by atoms with E-state index < -0.39 is 0 Å². The molecule has 2 nitrogen and oxygen atoms in total. The fraction of sp³-hybridized carbons (Fsp3) is 0.348. The first kappa shape index (κ1) is 19.9. The van der Waals surface area contributed by atoms with E-state index in [4.69, 9.17) is 11.6 Å². The van der Waals surface area contributed by atoms with Gasteiger partial charge in [-0.05, 0) is 29.0 Å². The van der Waals surface area contributed by atoms with Gasteiger partial charge < -0.3 is 5.11 Å². The van der Waals surface area contributed by atoms with Crippen molar-refractivity contribution in [2.75, 3.05) is 0 Å². The van der Waals surface area contributed by atoms with Crippen LogP contribution in [0.3, 0.4) is 0 Å². The van der Waals surface area contributed by atoms with Gasteiger partial charge in [0.1, 0.15) is 5.75 Å². The summed E-state index contributed by atoms with van der Waals surface area (Å²) >= 11 is 7.95. The highest BCUT2D eigenvalue weighted by atomic mass is 35.5. The molecular formula is C23H25ClO2S. The van der Waals surface area contributed by atoms with Gasteiger partial charge >= 0.3 is 0 Å². The van der Waals surface area contributed by atoms with Crippen LogP contribution in [0.25, 0.3) is 10.1 Å². The summed E-state index contributed by atoms with van der Waals surface area (Å²) < 4.78 is 0.997. The molecule has 1 N–H and O–H groups in total. The molecule has 0 atom stereocenters. The number of hydrogen-bond donors (Lipinski definition) is 1. The van der Waals surface area contributed by atoms with Crippen molar-refractivity contribution in [3.8, 4) is 5.75 Å². The Labute approximate surface area is 169 Å². The number of phenolic OH excluding ortho intramolecular Hbond substituents is 1. The minimum atomic E-state index is -0.287. The minimum absolute atomic E-state index is 0.0998. The molecule has 1 heterocycles. The number of thiophene rings is 1. The minimum Gasteiger partial charge on any atom is -0.507 e. The van der Waals surface area contributed by atoms with E-state index in [1.54, 1.807) is 0 Å². The van der Waals surface area contributed by atoms with Crippen LogP contribution in [-0.4, -0.2) is 10.9 Å². The summed E-state index contributed by atoms with van der Waals surface area (Å²) in [5, 5.41) is 12.3. The summed E-state index contributed by atoms with van der Waals surface area (Å²) in [6.07, 6.45) is 0. The van der Waals surface area contributed by atoms with E-state index in [1.807, 2.05) is 77.9 Å². The third-order valence-electron chi connectivity index (χ3n) is 4.73. The highest BCUT2D eigenvalue weighted by molar-refractivity contribution is 7.21. The zero-order valence-electron chi connectivity index (χ0n) is 16.6. The Morgan fingerprint density at radius 1 is 0.963 bits per heavy atom. The molecule has 27 heavy (non-hydrogen) atoms. The molecule has 1 aromatic heterocycles. The lowest BCUT2D eigenvalue weighted by atomic mass is 9.78. The second-order valence-corrected chi connectivity index (χ2v) is 10.4. The number of halogens is 1. The Morgan fingerprint density at radius 2 is 1.48 bits per heavy atom. The van der Waals surface area contributed by atoms with Gasteiger partial charge in [-0.15, -0.1) is 11.3 Å². The molecule has 0 fully saturated rings. The van der Waals surface area contributed by atoms with Crippen LogP contribution in [0.2, 0.25) is 5.02 Å². The van der Waals surface area contributed by atoms with Crippen LogP contribution in [0.5, 0.6) is 5.75 Å². The van der Waals surface area contributed by atoms with Crippen LogP contribution in [0.1, 0.15) is 67.9 Å². The van der Waals surface area contributed by atoms with Gasteiger partial charge in [0.2, 0.25) is 5.78 Å². The molecule has 0 spiro atoms. The van der Waals surface area contributed by atoms with E-state index in [0.29, 0.717) is 15.5 Å². The average Bonchev–Trinajstić information content (AvgIpc) is 2.89. The highest BCUT2D eigenvalue weighted by Gasteiger charge is 2.29. The van der Waals surface area contributed by atoms with Crippen LogP contribution in [0.4, 0.5) is 0 Å². The van der Waals surface area contributed by atoms with Crippen LogP contribution in [0.15, 0.2) is 36.4 Å². The van der Waals surface area contributed by atoms with E-state index in [1.165, 1.54) is 11.3 Å². The Balaban J connectivity index is 2.23. The largest absolute Gasteiger partial charge is 0.507 e. The van der Waals surface area contributed by atoms with Gasteiger partial charge in [-0.3, -0.25) is 4.79 Å². The van der Waals surface area contributed by atoms with Gasteiger partial charge in [0.15, 0.2) is 0 Å². The second kappa shape index (κ2) is 6.65. The van der Waals surface area contributed by atoms with E-state index in [2.05, 4.69) is 0 Å². The summed E-state index contributed by atoms with van der Waals surface area (Å²) in [5.74, 6) is 0.172. The predicted octanol–water partition coefficient (Wildman–Crippen LogP) is 7.09.